The lowest BCUT2D eigenvalue weighted by atomic mass is 10.1. The van der Waals surface area contributed by atoms with Crippen molar-refractivity contribution in [3.8, 4) is 5.75 Å². The Kier molecular flexibility index (Phi) is 6.23. The Labute approximate surface area is 179 Å². The van der Waals surface area contributed by atoms with Crippen molar-refractivity contribution in [3.05, 3.63) is 52.5 Å². The van der Waals surface area contributed by atoms with Crippen molar-refractivity contribution in [1.29, 1.82) is 0 Å². The topological polar surface area (TPSA) is 102 Å². The zero-order valence-corrected chi connectivity index (χ0v) is 18.2. The molecule has 2 aromatic carbocycles. The third kappa shape index (κ3) is 4.52. The first kappa shape index (κ1) is 21.9. The van der Waals surface area contributed by atoms with Crippen LogP contribution in [0, 0.1) is 6.92 Å². The number of rotatable bonds is 4. The number of carbonyl (C=O) groups is 2. The van der Waals surface area contributed by atoms with E-state index in [0.29, 0.717) is 21.8 Å². The number of carbonyl (C=O) groups excluding carboxylic acids is 2. The number of benzene rings is 2. The van der Waals surface area contributed by atoms with Crippen LogP contribution in [-0.2, 0) is 19.6 Å². The molecule has 1 amide bonds. The van der Waals surface area contributed by atoms with Gasteiger partial charge in [-0.3, -0.25) is 9.10 Å². The third-order valence-corrected chi connectivity index (χ3v) is 6.16. The van der Waals surface area contributed by atoms with Crippen LogP contribution in [-0.4, -0.2) is 46.3 Å². The Bertz CT molecular complexity index is 1100. The summed E-state index contributed by atoms with van der Waals surface area (Å²) in [7, 11) is -2.32. The van der Waals surface area contributed by atoms with E-state index < -0.39 is 28.0 Å². The van der Waals surface area contributed by atoms with Crippen molar-refractivity contribution >= 4 is 44.9 Å². The van der Waals surface area contributed by atoms with Crippen LogP contribution in [0.3, 0.4) is 0 Å². The molecule has 10 heteroatoms. The van der Waals surface area contributed by atoms with Crippen LogP contribution < -0.4 is 14.4 Å². The molecule has 1 heterocycles. The second-order valence-corrected chi connectivity index (χ2v) is 9.14. The van der Waals surface area contributed by atoms with Crippen molar-refractivity contribution < 1.29 is 27.5 Å². The highest BCUT2D eigenvalue weighted by atomic mass is 35.5. The van der Waals surface area contributed by atoms with Crippen LogP contribution in [0.15, 0.2) is 36.4 Å². The molecule has 0 bridgehead atoms. The van der Waals surface area contributed by atoms with Gasteiger partial charge >= 0.3 is 5.97 Å². The summed E-state index contributed by atoms with van der Waals surface area (Å²) in [6, 6.07) is 9.47. The summed E-state index contributed by atoms with van der Waals surface area (Å²) < 4.78 is 36.2. The smallest absolute Gasteiger partial charge is 0.338 e. The number of anilines is 2. The van der Waals surface area contributed by atoms with Gasteiger partial charge in [-0.2, -0.15) is 0 Å². The minimum absolute atomic E-state index is 0.0471. The molecule has 3 rings (SSSR count). The monoisotopic (exact) mass is 452 g/mol. The maximum atomic E-state index is 12.9. The van der Waals surface area contributed by atoms with E-state index in [2.05, 4.69) is 5.32 Å². The van der Waals surface area contributed by atoms with Gasteiger partial charge in [-0.05, 0) is 42.8 Å². The zero-order chi connectivity index (χ0) is 22.1. The first-order valence-electron chi connectivity index (χ1n) is 9.04. The lowest BCUT2D eigenvalue weighted by Gasteiger charge is -2.21. The molecule has 1 aliphatic rings. The number of nitrogens with zero attached hydrogens (tertiary/aromatic N) is 1. The molecule has 2 aromatic rings. The molecular formula is C20H21ClN2O6S. The summed E-state index contributed by atoms with van der Waals surface area (Å²) in [6.07, 6.45) is 0.263. The molecule has 0 aliphatic carbocycles. The van der Waals surface area contributed by atoms with Crippen molar-refractivity contribution in [3.63, 3.8) is 0 Å². The van der Waals surface area contributed by atoms with E-state index in [-0.39, 0.29) is 24.4 Å². The van der Waals surface area contributed by atoms with Crippen molar-refractivity contribution in [2.75, 3.05) is 29.5 Å². The Morgan fingerprint density at radius 2 is 2.00 bits per heavy atom. The van der Waals surface area contributed by atoms with Crippen molar-refractivity contribution in [1.82, 2.24) is 0 Å². The summed E-state index contributed by atoms with van der Waals surface area (Å²) in [5.41, 5.74) is 1.60. The van der Waals surface area contributed by atoms with Gasteiger partial charge in [0.05, 0.1) is 24.6 Å². The summed E-state index contributed by atoms with van der Waals surface area (Å²) in [5.74, 6) is -0.734. The molecule has 30 heavy (non-hydrogen) atoms. The van der Waals surface area contributed by atoms with Crippen LogP contribution in [0.5, 0.6) is 5.75 Å². The molecule has 0 saturated carbocycles. The van der Waals surface area contributed by atoms with Gasteiger partial charge in [-0.1, -0.05) is 17.7 Å². The van der Waals surface area contributed by atoms with E-state index >= 15 is 0 Å². The Morgan fingerprint density at radius 3 is 2.67 bits per heavy atom. The number of esters is 1. The Hall–Kier alpha value is -2.78. The van der Waals surface area contributed by atoms with Gasteiger partial charge in [-0.15, -0.1) is 0 Å². The van der Waals surface area contributed by atoms with E-state index in [1.165, 1.54) is 23.5 Å². The Morgan fingerprint density at radius 1 is 1.27 bits per heavy atom. The fourth-order valence-electron chi connectivity index (χ4n) is 3.20. The number of halogens is 1. The maximum Gasteiger partial charge on any atom is 0.338 e. The third-order valence-electron chi connectivity index (χ3n) is 4.74. The average molecular weight is 453 g/mol. The van der Waals surface area contributed by atoms with E-state index in [1.54, 1.807) is 31.2 Å². The fraction of sp³-hybridized carbons (Fsp3) is 0.300. The largest absolute Gasteiger partial charge is 0.478 e. The van der Waals surface area contributed by atoms with Gasteiger partial charge in [0, 0.05) is 23.7 Å². The maximum absolute atomic E-state index is 12.9. The van der Waals surface area contributed by atoms with Gasteiger partial charge in [-0.25, -0.2) is 13.2 Å². The first-order valence-corrected chi connectivity index (χ1v) is 11.3. The second-order valence-electron chi connectivity index (χ2n) is 6.80. The van der Waals surface area contributed by atoms with Crippen LogP contribution >= 0.6 is 11.6 Å². The van der Waals surface area contributed by atoms with Gasteiger partial charge in [0.2, 0.25) is 10.0 Å². The zero-order valence-electron chi connectivity index (χ0n) is 16.6. The van der Waals surface area contributed by atoms with Crippen LogP contribution in [0.2, 0.25) is 5.02 Å². The molecule has 8 nitrogen and oxygen atoms in total. The molecule has 1 N–H and O–H groups in total. The molecule has 160 valence electrons. The highest BCUT2D eigenvalue weighted by Gasteiger charge is 2.31. The number of sulfonamides is 1. The second kappa shape index (κ2) is 8.53. The normalized spacial score (nSPS) is 16.1. The number of methoxy groups -OCH3 is 1. The molecule has 1 aliphatic heterocycles. The molecule has 0 saturated heterocycles. The highest BCUT2D eigenvalue weighted by Crippen LogP contribution is 2.36. The van der Waals surface area contributed by atoms with Gasteiger partial charge < -0.3 is 14.8 Å². The molecule has 0 aromatic heterocycles. The van der Waals surface area contributed by atoms with Gasteiger partial charge in [0.15, 0.2) is 6.10 Å². The number of nitrogens with one attached hydrogen (secondary N) is 1. The highest BCUT2D eigenvalue weighted by molar-refractivity contribution is 7.92. The summed E-state index contributed by atoms with van der Waals surface area (Å²) >= 11 is 6.03. The number of hydrogen-bond donors (Lipinski definition) is 1. The van der Waals surface area contributed by atoms with E-state index in [1.807, 2.05) is 0 Å². The van der Waals surface area contributed by atoms with Crippen LogP contribution in [0.25, 0.3) is 0 Å². The molecule has 0 spiro atoms. The minimum Gasteiger partial charge on any atom is -0.478 e. The summed E-state index contributed by atoms with van der Waals surface area (Å²) in [6.45, 7) is 1.74. The molecule has 0 unspecified atom stereocenters. The van der Waals surface area contributed by atoms with E-state index in [0.717, 1.165) is 6.26 Å². The van der Waals surface area contributed by atoms with Gasteiger partial charge in [0.1, 0.15) is 5.75 Å². The number of ether oxygens (including phenoxy) is 2. The molecular weight excluding hydrogens is 432 g/mol. The molecule has 0 fully saturated rings. The van der Waals surface area contributed by atoms with E-state index in [4.69, 9.17) is 21.1 Å². The lowest BCUT2D eigenvalue weighted by molar-refractivity contribution is -0.122. The van der Waals surface area contributed by atoms with Crippen molar-refractivity contribution in [2.24, 2.45) is 0 Å². The summed E-state index contributed by atoms with van der Waals surface area (Å²) in [5, 5.41) is 3.11. The Balaban J connectivity index is 1.88. The molecule has 0 radical (unpaired) electrons. The quantitative estimate of drug-likeness (QED) is 0.715. The predicted octanol–water partition coefficient (Wildman–Crippen LogP) is 2.99. The average Bonchev–Trinajstić information content (AvgIpc) is 2.88. The lowest BCUT2D eigenvalue weighted by Crippen LogP contribution is -2.36. The minimum atomic E-state index is -3.60. The number of hydrogen-bond acceptors (Lipinski definition) is 6. The van der Waals surface area contributed by atoms with E-state index in [9.17, 15) is 18.0 Å². The number of amides is 1. The van der Waals surface area contributed by atoms with Crippen LogP contribution in [0.4, 0.5) is 11.4 Å². The standard InChI is InChI=1S/C20H21ClN2O6S/c1-12-14(20(25)28-2)5-4-6-15(12)22-19(24)18-9-10-23(30(3,26)27)16-11-13(21)7-8-17(16)29-18/h4-8,11,18H,9-10H2,1-3H3,(H,22,24)/t18-/m1/s1. The van der Waals surface area contributed by atoms with Gasteiger partial charge in [0.25, 0.3) is 5.91 Å². The predicted molar refractivity (Wildman–Crippen MR) is 114 cm³/mol. The van der Waals surface area contributed by atoms with Crippen molar-refractivity contribution in [2.45, 2.75) is 19.4 Å². The fourth-order valence-corrected chi connectivity index (χ4v) is 4.30. The molecule has 1 atom stereocenters. The van der Waals surface area contributed by atoms with Crippen LogP contribution in [0.1, 0.15) is 22.3 Å². The SMILES string of the molecule is COC(=O)c1cccc(NC(=O)[C@H]2CCN(S(C)(=O)=O)c3cc(Cl)ccc3O2)c1C. The summed E-state index contributed by atoms with van der Waals surface area (Å²) in [4.78, 5) is 24.8. The number of fused-ring (bicyclic) bond motifs is 1. The first-order chi connectivity index (χ1) is 14.1.